The molecule has 1 aliphatic carbocycles. The minimum atomic E-state index is -4.35. The quantitative estimate of drug-likeness (QED) is 0.487. The van der Waals surface area contributed by atoms with E-state index in [1.807, 2.05) is 6.07 Å². The Morgan fingerprint density at radius 3 is 2.61 bits per heavy atom. The van der Waals surface area contributed by atoms with E-state index < -0.39 is 12.8 Å². The molecule has 0 bridgehead atoms. The number of nitrogens with zero attached hydrogens (tertiary/aromatic N) is 1. The number of hydrogen-bond acceptors (Lipinski definition) is 3. The number of halogens is 3. The van der Waals surface area contributed by atoms with E-state index in [1.54, 1.807) is 26.3 Å². The lowest BCUT2D eigenvalue weighted by atomic mass is 9.83. The molecule has 1 aromatic carbocycles. The highest BCUT2D eigenvalue weighted by Crippen LogP contribution is 2.40. The van der Waals surface area contributed by atoms with Gasteiger partial charge in [0.15, 0.2) is 12.6 Å². The van der Waals surface area contributed by atoms with Gasteiger partial charge in [0.05, 0.1) is 0 Å². The zero-order chi connectivity index (χ0) is 20.5. The zero-order valence-electron chi connectivity index (χ0n) is 16.6. The van der Waals surface area contributed by atoms with Crippen LogP contribution in [0.1, 0.15) is 37.7 Å². The Morgan fingerprint density at radius 1 is 1.21 bits per heavy atom. The number of guanidine groups is 1. The van der Waals surface area contributed by atoms with E-state index in [2.05, 4.69) is 15.6 Å². The van der Waals surface area contributed by atoms with Crippen LogP contribution in [0.5, 0.6) is 5.75 Å². The molecule has 1 aromatic rings. The summed E-state index contributed by atoms with van der Waals surface area (Å²) in [6, 6.07) is 6.62. The molecule has 1 saturated carbocycles. The number of nitrogens with one attached hydrogen (secondary N) is 2. The van der Waals surface area contributed by atoms with Crippen molar-refractivity contribution in [2.24, 2.45) is 10.4 Å². The first kappa shape index (κ1) is 22.3. The summed E-state index contributed by atoms with van der Waals surface area (Å²) in [5.41, 5.74) is 1.05. The number of aliphatic imine (C=N–C) groups is 1. The van der Waals surface area contributed by atoms with Crippen LogP contribution in [0.2, 0.25) is 0 Å². The highest BCUT2D eigenvalue weighted by atomic mass is 19.4. The number of rotatable bonds is 9. The lowest BCUT2D eigenvalue weighted by Crippen LogP contribution is -2.43. The average Bonchev–Trinajstić information content (AvgIpc) is 3.14. The first-order valence-corrected chi connectivity index (χ1v) is 9.58. The standard InChI is InChI=1S/C20H30F3N3O2/c1-24-18(26-14-19(10-11-27-2)8-3-4-9-19)25-13-16-6-5-7-17(12-16)28-15-20(21,22)23/h5-7,12H,3-4,8-11,13-15H2,1-2H3,(H2,24,25,26). The third-order valence-electron chi connectivity index (χ3n) is 5.12. The second kappa shape index (κ2) is 10.5. The van der Waals surface area contributed by atoms with Gasteiger partial charge in [-0.25, -0.2) is 0 Å². The smallest absolute Gasteiger partial charge is 0.422 e. The fourth-order valence-electron chi connectivity index (χ4n) is 3.55. The predicted molar refractivity (Wildman–Crippen MR) is 104 cm³/mol. The van der Waals surface area contributed by atoms with Crippen molar-refractivity contribution in [3.63, 3.8) is 0 Å². The number of benzene rings is 1. The van der Waals surface area contributed by atoms with Gasteiger partial charge in [-0.05, 0) is 42.4 Å². The molecule has 8 heteroatoms. The van der Waals surface area contributed by atoms with Gasteiger partial charge in [-0.3, -0.25) is 4.99 Å². The molecule has 158 valence electrons. The highest BCUT2D eigenvalue weighted by molar-refractivity contribution is 5.79. The average molecular weight is 401 g/mol. The van der Waals surface area contributed by atoms with Crippen molar-refractivity contribution in [2.75, 3.05) is 33.9 Å². The van der Waals surface area contributed by atoms with Gasteiger partial charge in [0.1, 0.15) is 5.75 Å². The second-order valence-electron chi connectivity index (χ2n) is 7.28. The van der Waals surface area contributed by atoms with Crippen molar-refractivity contribution in [2.45, 2.75) is 44.8 Å². The van der Waals surface area contributed by atoms with Gasteiger partial charge < -0.3 is 20.1 Å². The first-order chi connectivity index (χ1) is 13.4. The lowest BCUT2D eigenvalue weighted by molar-refractivity contribution is -0.153. The van der Waals surface area contributed by atoms with Gasteiger partial charge in [-0.1, -0.05) is 25.0 Å². The van der Waals surface area contributed by atoms with Crippen molar-refractivity contribution >= 4 is 5.96 Å². The molecule has 0 radical (unpaired) electrons. The third-order valence-corrected chi connectivity index (χ3v) is 5.12. The Kier molecular flexibility index (Phi) is 8.41. The number of alkyl halides is 3. The Labute approximate surface area is 164 Å². The second-order valence-corrected chi connectivity index (χ2v) is 7.28. The van der Waals surface area contributed by atoms with Crippen molar-refractivity contribution < 1.29 is 22.6 Å². The molecule has 2 N–H and O–H groups in total. The molecule has 0 atom stereocenters. The van der Waals surface area contributed by atoms with Crippen molar-refractivity contribution in [1.29, 1.82) is 0 Å². The van der Waals surface area contributed by atoms with E-state index >= 15 is 0 Å². The fraction of sp³-hybridized carbons (Fsp3) is 0.650. The Hall–Kier alpha value is -1.96. The molecule has 0 heterocycles. The van der Waals surface area contributed by atoms with E-state index in [9.17, 15) is 13.2 Å². The normalized spacial score (nSPS) is 16.8. The van der Waals surface area contributed by atoms with Gasteiger partial charge in [0.25, 0.3) is 0 Å². The molecule has 0 spiro atoms. The Morgan fingerprint density at radius 2 is 1.96 bits per heavy atom. The van der Waals surface area contributed by atoms with Gasteiger partial charge in [-0.15, -0.1) is 0 Å². The monoisotopic (exact) mass is 401 g/mol. The predicted octanol–water partition coefficient (Wildman–Crippen LogP) is 3.89. The summed E-state index contributed by atoms with van der Waals surface area (Å²) in [5, 5.41) is 6.61. The van der Waals surface area contributed by atoms with Gasteiger partial charge >= 0.3 is 6.18 Å². The highest BCUT2D eigenvalue weighted by Gasteiger charge is 2.33. The summed E-state index contributed by atoms with van der Waals surface area (Å²) < 4.78 is 46.9. The van der Waals surface area contributed by atoms with Crippen LogP contribution < -0.4 is 15.4 Å². The van der Waals surface area contributed by atoms with Crippen LogP contribution in [0, 0.1) is 5.41 Å². The summed E-state index contributed by atoms with van der Waals surface area (Å²) >= 11 is 0. The van der Waals surface area contributed by atoms with Crippen LogP contribution in [0.25, 0.3) is 0 Å². The maximum absolute atomic E-state index is 12.3. The molecule has 0 unspecified atom stereocenters. The molecule has 0 aliphatic heterocycles. The van der Waals surface area contributed by atoms with Gasteiger partial charge in [-0.2, -0.15) is 13.2 Å². The fourth-order valence-corrected chi connectivity index (χ4v) is 3.55. The largest absolute Gasteiger partial charge is 0.484 e. The molecule has 5 nitrogen and oxygen atoms in total. The third kappa shape index (κ3) is 7.58. The Balaban J connectivity index is 1.85. The molecular formula is C20H30F3N3O2. The maximum atomic E-state index is 12.3. The van der Waals surface area contributed by atoms with Crippen molar-refractivity contribution in [1.82, 2.24) is 10.6 Å². The minimum absolute atomic E-state index is 0.198. The van der Waals surface area contributed by atoms with Crippen molar-refractivity contribution in [3.05, 3.63) is 29.8 Å². The van der Waals surface area contributed by atoms with Gasteiger partial charge in [0, 0.05) is 33.9 Å². The van der Waals surface area contributed by atoms with E-state index in [0.717, 1.165) is 25.1 Å². The molecule has 1 aliphatic rings. The molecule has 0 amide bonds. The lowest BCUT2D eigenvalue weighted by Gasteiger charge is -2.30. The molecule has 0 aromatic heterocycles. The van der Waals surface area contributed by atoms with Gasteiger partial charge in [0.2, 0.25) is 0 Å². The molecule has 28 heavy (non-hydrogen) atoms. The maximum Gasteiger partial charge on any atom is 0.422 e. The summed E-state index contributed by atoms with van der Waals surface area (Å²) in [6.07, 6.45) is 1.51. The zero-order valence-corrected chi connectivity index (χ0v) is 16.6. The summed E-state index contributed by atoms with van der Waals surface area (Å²) in [4.78, 5) is 4.25. The first-order valence-electron chi connectivity index (χ1n) is 9.58. The van der Waals surface area contributed by atoms with Crippen LogP contribution in [0.15, 0.2) is 29.3 Å². The van der Waals surface area contributed by atoms with Crippen LogP contribution in [0.4, 0.5) is 13.2 Å². The Bertz CT molecular complexity index is 629. The van der Waals surface area contributed by atoms with E-state index in [0.29, 0.717) is 12.5 Å². The number of ether oxygens (including phenoxy) is 2. The summed E-state index contributed by atoms with van der Waals surface area (Å²) in [5.74, 6) is 0.870. The van der Waals surface area contributed by atoms with Crippen molar-refractivity contribution in [3.8, 4) is 5.75 Å². The molecule has 2 rings (SSSR count). The van der Waals surface area contributed by atoms with E-state index in [1.165, 1.54) is 31.7 Å². The number of hydrogen-bond donors (Lipinski definition) is 2. The summed E-state index contributed by atoms with van der Waals surface area (Å²) in [7, 11) is 3.43. The minimum Gasteiger partial charge on any atom is -0.484 e. The van der Waals surface area contributed by atoms with E-state index in [4.69, 9.17) is 9.47 Å². The molecular weight excluding hydrogens is 371 g/mol. The van der Waals surface area contributed by atoms with Crippen LogP contribution in [-0.2, 0) is 11.3 Å². The van der Waals surface area contributed by atoms with E-state index in [-0.39, 0.29) is 11.2 Å². The molecule has 0 saturated heterocycles. The topological polar surface area (TPSA) is 54.9 Å². The molecule has 1 fully saturated rings. The van der Waals surface area contributed by atoms with Crippen LogP contribution in [-0.4, -0.2) is 46.1 Å². The van der Waals surface area contributed by atoms with Crippen LogP contribution >= 0.6 is 0 Å². The number of methoxy groups -OCH3 is 1. The van der Waals surface area contributed by atoms with Crippen LogP contribution in [0.3, 0.4) is 0 Å². The SMILES string of the molecule is CN=C(NCc1cccc(OCC(F)(F)F)c1)NCC1(CCOC)CCCC1. The summed E-state index contributed by atoms with van der Waals surface area (Å²) in [6.45, 7) is 0.716.